The highest BCUT2D eigenvalue weighted by Crippen LogP contribution is 2.95. The van der Waals surface area contributed by atoms with Gasteiger partial charge in [-0.25, -0.2) is 0 Å². The number of nitrogens with zero attached hydrogens (tertiary/aromatic N) is 1. The fraction of sp³-hybridized carbons (Fsp3) is 0.815. The Bertz CT molecular complexity index is 1070. The fourth-order valence-electron chi connectivity index (χ4n) is 12.4. The van der Waals surface area contributed by atoms with Gasteiger partial charge in [0.15, 0.2) is 0 Å². The molecule has 4 aliphatic heterocycles. The van der Waals surface area contributed by atoms with Crippen molar-refractivity contribution in [1.82, 2.24) is 4.90 Å². The number of furan rings is 1. The van der Waals surface area contributed by atoms with Crippen LogP contribution in [0.15, 0.2) is 16.5 Å². The summed E-state index contributed by atoms with van der Waals surface area (Å²) >= 11 is 0. The van der Waals surface area contributed by atoms with Crippen molar-refractivity contribution < 1.29 is 23.8 Å². The first-order valence-electron chi connectivity index (χ1n) is 13.2. The van der Waals surface area contributed by atoms with Crippen molar-refractivity contribution in [3.8, 4) is 0 Å². The van der Waals surface area contributed by atoms with Crippen LogP contribution in [0.2, 0.25) is 0 Å². The summed E-state index contributed by atoms with van der Waals surface area (Å²) in [4.78, 5) is 16.2. The van der Waals surface area contributed by atoms with Gasteiger partial charge in [0.2, 0.25) is 0 Å². The van der Waals surface area contributed by atoms with E-state index in [-0.39, 0.29) is 57.8 Å². The number of piperidine rings is 1. The van der Waals surface area contributed by atoms with Crippen molar-refractivity contribution >= 4 is 5.97 Å². The minimum absolute atomic E-state index is 0.00913. The van der Waals surface area contributed by atoms with Gasteiger partial charge in [-0.3, -0.25) is 9.69 Å². The molecule has 6 bridgehead atoms. The fourth-order valence-corrected chi connectivity index (χ4v) is 12.4. The molecule has 4 aliphatic carbocycles. The van der Waals surface area contributed by atoms with Gasteiger partial charge in [0.25, 0.3) is 0 Å². The van der Waals surface area contributed by atoms with Gasteiger partial charge in [-0.2, -0.15) is 0 Å². The number of aliphatic hydroxyl groups is 1. The third-order valence-corrected chi connectivity index (χ3v) is 12.7. The summed E-state index contributed by atoms with van der Waals surface area (Å²) in [6, 6.07) is 4.18. The van der Waals surface area contributed by atoms with Crippen LogP contribution >= 0.6 is 0 Å². The van der Waals surface area contributed by atoms with E-state index in [2.05, 4.69) is 17.9 Å². The van der Waals surface area contributed by atoms with Crippen LogP contribution in [0.1, 0.15) is 75.9 Å². The highest BCUT2D eigenvalue weighted by molar-refractivity contribution is 5.75. The molecular weight excluding hydrogens is 418 g/mol. The molecular formula is C27H35NO5. The number of methoxy groups -OCH3 is 1. The molecule has 0 aromatic carbocycles. The van der Waals surface area contributed by atoms with Crippen LogP contribution in [-0.4, -0.2) is 47.4 Å². The summed E-state index contributed by atoms with van der Waals surface area (Å²) in [5.41, 5.74) is 0.00224. The zero-order valence-corrected chi connectivity index (χ0v) is 19.8. The van der Waals surface area contributed by atoms with E-state index in [0.29, 0.717) is 11.7 Å². The lowest BCUT2D eigenvalue weighted by Gasteiger charge is -2.66. The average Bonchev–Trinajstić information content (AvgIpc) is 3.54. The summed E-state index contributed by atoms with van der Waals surface area (Å²) in [7, 11) is 1.57. The SMILES string of the molecule is CCC12CCC34CO[C@@]56CCC3CN1C(c1ccc(CO)o1)C51[C@H](CC6)[C@H](C(=O)OC)C[C@@]421. The maximum Gasteiger partial charge on any atom is 0.308 e. The normalized spacial score (nSPS) is 56.4. The Morgan fingerprint density at radius 1 is 1.24 bits per heavy atom. The molecule has 1 aromatic rings. The molecule has 8 aliphatic rings. The number of ether oxygens (including phenoxy) is 2. The van der Waals surface area contributed by atoms with Crippen molar-refractivity contribution in [2.75, 3.05) is 20.3 Å². The smallest absolute Gasteiger partial charge is 0.308 e. The highest BCUT2D eigenvalue weighted by atomic mass is 16.5. The van der Waals surface area contributed by atoms with Gasteiger partial charge in [0.1, 0.15) is 18.1 Å². The number of hydrogen-bond donors (Lipinski definition) is 1. The minimum Gasteiger partial charge on any atom is -0.469 e. The van der Waals surface area contributed by atoms with Crippen molar-refractivity contribution in [3.63, 3.8) is 0 Å². The molecule has 6 heteroatoms. The van der Waals surface area contributed by atoms with Gasteiger partial charge in [-0.05, 0) is 75.3 Å². The zero-order chi connectivity index (χ0) is 22.4. The summed E-state index contributed by atoms with van der Waals surface area (Å²) in [6.07, 6.45) is 8.96. The molecule has 10 atom stereocenters. The Kier molecular flexibility index (Phi) is 3.44. The third-order valence-electron chi connectivity index (χ3n) is 12.7. The van der Waals surface area contributed by atoms with Gasteiger partial charge in [0.05, 0.1) is 31.3 Å². The molecule has 8 fully saturated rings. The van der Waals surface area contributed by atoms with E-state index >= 15 is 0 Å². The topological polar surface area (TPSA) is 72.1 Å². The van der Waals surface area contributed by atoms with Crippen LogP contribution in [0.25, 0.3) is 0 Å². The van der Waals surface area contributed by atoms with Crippen molar-refractivity contribution in [1.29, 1.82) is 0 Å². The molecule has 33 heavy (non-hydrogen) atoms. The first-order valence-corrected chi connectivity index (χ1v) is 13.2. The van der Waals surface area contributed by atoms with E-state index in [1.165, 1.54) is 19.3 Å². The molecule has 6 nitrogen and oxygen atoms in total. The van der Waals surface area contributed by atoms with E-state index in [1.807, 2.05) is 6.07 Å². The second-order valence-corrected chi connectivity index (χ2v) is 12.3. The Balaban J connectivity index is 1.50. The van der Waals surface area contributed by atoms with Crippen LogP contribution in [0, 0.1) is 34.0 Å². The average molecular weight is 454 g/mol. The standard InChI is InChI=1S/C27H35NO5/c1-3-24-11-10-23-15-32-25-8-6-16(23)13-28(24)21(20-5-4-17(14-29)33-20)27(25)19(7-9-25)18(22(30)31-2)12-26(23,24)27/h4-5,16,18-19,21,29H,3,6-15H2,1-2H3/t16?,18-,19-,21?,23?,24?,25-,26-,27?/m1/s1. The zero-order valence-electron chi connectivity index (χ0n) is 19.8. The second kappa shape index (κ2) is 5.71. The third kappa shape index (κ3) is 1.59. The molecule has 9 rings (SSSR count). The van der Waals surface area contributed by atoms with E-state index < -0.39 is 0 Å². The first kappa shape index (κ1) is 19.9. The van der Waals surface area contributed by atoms with Crippen LogP contribution < -0.4 is 0 Å². The van der Waals surface area contributed by atoms with Crippen LogP contribution in [0.3, 0.4) is 0 Å². The van der Waals surface area contributed by atoms with Crippen molar-refractivity contribution in [2.24, 2.45) is 34.0 Å². The van der Waals surface area contributed by atoms with E-state index in [9.17, 15) is 9.90 Å². The second-order valence-electron chi connectivity index (χ2n) is 12.3. The lowest BCUT2D eigenvalue weighted by molar-refractivity contribution is -0.269. The molecule has 4 saturated heterocycles. The minimum atomic E-state index is -0.185. The number of esters is 1. The summed E-state index contributed by atoms with van der Waals surface area (Å²) < 4.78 is 19.1. The molecule has 6 unspecified atom stereocenters. The van der Waals surface area contributed by atoms with E-state index in [0.717, 1.165) is 51.0 Å². The van der Waals surface area contributed by atoms with E-state index in [4.69, 9.17) is 13.9 Å². The van der Waals surface area contributed by atoms with Gasteiger partial charge in [-0.1, -0.05) is 6.92 Å². The monoisotopic (exact) mass is 453 g/mol. The predicted molar refractivity (Wildman–Crippen MR) is 118 cm³/mol. The predicted octanol–water partition coefficient (Wildman–Crippen LogP) is 3.83. The maximum absolute atomic E-state index is 13.4. The Morgan fingerprint density at radius 2 is 2.09 bits per heavy atom. The first-order chi connectivity index (χ1) is 16.0. The van der Waals surface area contributed by atoms with Crippen LogP contribution in [0.5, 0.6) is 0 Å². The number of carbonyl (C=O) groups excluding carboxylic acids is 1. The molecule has 0 amide bonds. The Morgan fingerprint density at radius 3 is 2.85 bits per heavy atom. The highest BCUT2D eigenvalue weighted by Gasteiger charge is 2.97. The van der Waals surface area contributed by atoms with Crippen molar-refractivity contribution in [2.45, 2.75) is 82.1 Å². The van der Waals surface area contributed by atoms with Gasteiger partial charge < -0.3 is 19.0 Å². The molecule has 178 valence electrons. The lowest BCUT2D eigenvalue weighted by Crippen LogP contribution is -2.70. The number of aliphatic hydroxyl groups excluding tert-OH is 1. The van der Waals surface area contributed by atoms with E-state index in [1.54, 1.807) is 7.11 Å². The molecule has 4 saturated carbocycles. The van der Waals surface area contributed by atoms with Crippen LogP contribution in [0.4, 0.5) is 0 Å². The van der Waals surface area contributed by atoms with Gasteiger partial charge >= 0.3 is 5.97 Å². The number of rotatable bonds is 4. The molecule has 0 radical (unpaired) electrons. The Labute approximate surface area is 195 Å². The van der Waals surface area contributed by atoms with Gasteiger partial charge in [0, 0.05) is 28.3 Å². The number of fused-ring (bicyclic) bond motifs is 2. The molecule has 5 heterocycles. The number of carbonyl (C=O) groups is 1. The molecule has 4 spiro atoms. The lowest BCUT2D eigenvalue weighted by atomic mass is 9.42. The summed E-state index contributed by atoms with van der Waals surface area (Å²) in [5, 5.41) is 9.82. The van der Waals surface area contributed by atoms with Gasteiger partial charge in [-0.15, -0.1) is 0 Å². The largest absolute Gasteiger partial charge is 0.469 e. The summed E-state index contributed by atoms with van der Waals surface area (Å²) in [6.45, 7) is 4.31. The number of hydrogen-bond acceptors (Lipinski definition) is 6. The van der Waals surface area contributed by atoms with Crippen molar-refractivity contribution in [3.05, 3.63) is 23.7 Å². The Hall–Kier alpha value is -1.37. The summed E-state index contributed by atoms with van der Waals surface area (Å²) in [5.74, 6) is 2.46. The maximum atomic E-state index is 13.4. The molecule has 1 N–H and O–H groups in total. The molecule has 1 aromatic heterocycles. The quantitative estimate of drug-likeness (QED) is 0.699. The van der Waals surface area contributed by atoms with Crippen LogP contribution in [-0.2, 0) is 20.9 Å².